The van der Waals surface area contributed by atoms with E-state index in [2.05, 4.69) is 23.1 Å². The van der Waals surface area contributed by atoms with Gasteiger partial charge in [0.15, 0.2) is 0 Å². The quantitative estimate of drug-likeness (QED) is 0.710. The molecule has 0 spiro atoms. The molecular weight excluding hydrogens is 394 g/mol. The van der Waals surface area contributed by atoms with Gasteiger partial charge in [-0.2, -0.15) is 0 Å². The number of aromatic nitrogens is 1. The van der Waals surface area contributed by atoms with Crippen molar-refractivity contribution in [2.75, 3.05) is 45.6 Å². The molecular formula is C20H25N3O3S2. The molecule has 0 saturated carbocycles. The third-order valence-electron chi connectivity index (χ3n) is 5.49. The van der Waals surface area contributed by atoms with Gasteiger partial charge in [0.2, 0.25) is 5.91 Å². The zero-order valence-electron chi connectivity index (χ0n) is 16.0. The molecule has 2 aliphatic rings. The number of para-hydroxylation sites is 1. The molecule has 1 aromatic carbocycles. The molecule has 8 heteroatoms. The number of methoxy groups -OCH3 is 1. The number of likely N-dealkylation sites (tertiary alicyclic amines) is 1. The molecule has 3 heterocycles. The van der Waals surface area contributed by atoms with Gasteiger partial charge in [-0.25, -0.2) is 4.98 Å². The van der Waals surface area contributed by atoms with Crippen molar-refractivity contribution in [3.05, 3.63) is 29.3 Å². The number of carbonyl (C=O) groups is 2. The van der Waals surface area contributed by atoms with Crippen LogP contribution in [0.2, 0.25) is 0 Å². The number of carbonyl (C=O) groups excluding carboxylic acids is 2. The highest BCUT2D eigenvalue weighted by Gasteiger charge is 2.31. The molecule has 4 rings (SSSR count). The van der Waals surface area contributed by atoms with Crippen molar-refractivity contribution in [2.24, 2.45) is 0 Å². The molecule has 0 unspecified atom stereocenters. The molecule has 2 aromatic rings. The molecule has 6 nitrogen and oxygen atoms in total. The van der Waals surface area contributed by atoms with Crippen molar-refractivity contribution in [2.45, 2.75) is 24.0 Å². The van der Waals surface area contributed by atoms with Crippen LogP contribution in [-0.4, -0.2) is 77.5 Å². The van der Waals surface area contributed by atoms with Crippen LogP contribution in [0.25, 0.3) is 10.2 Å². The molecule has 150 valence electrons. The fourth-order valence-electron chi connectivity index (χ4n) is 3.84. The summed E-state index contributed by atoms with van der Waals surface area (Å²) in [5, 5.41) is 0.966. The van der Waals surface area contributed by atoms with Crippen LogP contribution in [0.15, 0.2) is 24.3 Å². The van der Waals surface area contributed by atoms with Crippen LogP contribution in [0, 0.1) is 0 Å². The predicted octanol–water partition coefficient (Wildman–Crippen LogP) is 2.59. The van der Waals surface area contributed by atoms with Crippen LogP contribution >= 0.6 is 23.1 Å². The van der Waals surface area contributed by atoms with Gasteiger partial charge in [-0.1, -0.05) is 12.1 Å². The topological polar surface area (TPSA) is 62.7 Å². The largest absolute Gasteiger partial charge is 0.468 e. The maximum Gasteiger partial charge on any atom is 0.320 e. The Kier molecular flexibility index (Phi) is 6.18. The molecule has 1 atom stereocenters. The average Bonchev–Trinajstić information content (AvgIpc) is 3.18. The van der Waals surface area contributed by atoms with Crippen LogP contribution < -0.4 is 0 Å². The van der Waals surface area contributed by atoms with Crippen molar-refractivity contribution in [3.8, 4) is 0 Å². The second-order valence-corrected chi connectivity index (χ2v) is 9.67. The molecule has 0 radical (unpaired) electrons. The number of piperidine rings is 1. The van der Waals surface area contributed by atoms with E-state index in [9.17, 15) is 9.59 Å². The van der Waals surface area contributed by atoms with E-state index in [1.54, 1.807) is 23.1 Å². The Balaban J connectivity index is 1.29. The van der Waals surface area contributed by atoms with Gasteiger partial charge < -0.3 is 9.64 Å². The number of thioether (sulfide) groups is 1. The number of esters is 1. The number of amides is 1. The van der Waals surface area contributed by atoms with E-state index in [1.807, 2.05) is 11.0 Å². The first kappa shape index (κ1) is 19.7. The Morgan fingerprint density at radius 3 is 2.75 bits per heavy atom. The number of hydrogen-bond acceptors (Lipinski definition) is 7. The first-order chi connectivity index (χ1) is 13.6. The minimum atomic E-state index is -0.257. The zero-order valence-corrected chi connectivity index (χ0v) is 17.6. The number of fused-ring (bicyclic) bond motifs is 1. The van der Waals surface area contributed by atoms with Gasteiger partial charge in [-0.05, 0) is 38.1 Å². The van der Waals surface area contributed by atoms with Crippen LogP contribution in [0.3, 0.4) is 0 Å². The summed E-state index contributed by atoms with van der Waals surface area (Å²) in [6.45, 7) is 3.42. The Morgan fingerprint density at radius 1 is 1.21 bits per heavy atom. The van der Waals surface area contributed by atoms with E-state index in [0.717, 1.165) is 37.2 Å². The first-order valence-electron chi connectivity index (χ1n) is 9.69. The Labute approximate surface area is 173 Å². The molecule has 0 bridgehead atoms. The number of hydrogen-bond donors (Lipinski definition) is 0. The molecule has 2 aliphatic heterocycles. The van der Waals surface area contributed by atoms with E-state index in [0.29, 0.717) is 25.6 Å². The van der Waals surface area contributed by atoms with Crippen molar-refractivity contribution >= 4 is 45.2 Å². The van der Waals surface area contributed by atoms with Gasteiger partial charge in [-0.3, -0.25) is 14.5 Å². The fourth-order valence-corrected chi connectivity index (χ4v) is 6.11. The molecule has 0 N–H and O–H groups in total. The summed E-state index contributed by atoms with van der Waals surface area (Å²) >= 11 is 3.37. The van der Waals surface area contributed by atoms with Gasteiger partial charge in [0.25, 0.3) is 0 Å². The van der Waals surface area contributed by atoms with Gasteiger partial charge in [0.1, 0.15) is 5.25 Å². The van der Waals surface area contributed by atoms with Crippen molar-refractivity contribution < 1.29 is 14.3 Å². The van der Waals surface area contributed by atoms with Gasteiger partial charge in [0, 0.05) is 24.8 Å². The Bertz CT molecular complexity index is 815. The first-order valence-corrected chi connectivity index (χ1v) is 11.6. The summed E-state index contributed by atoms with van der Waals surface area (Å²) in [5.74, 6) is 1.15. The van der Waals surface area contributed by atoms with Crippen molar-refractivity contribution in [3.63, 3.8) is 0 Å². The normalized spacial score (nSPS) is 21.8. The van der Waals surface area contributed by atoms with Crippen molar-refractivity contribution in [1.29, 1.82) is 0 Å². The van der Waals surface area contributed by atoms with E-state index < -0.39 is 0 Å². The summed E-state index contributed by atoms with van der Waals surface area (Å²) in [5.41, 5.74) is 1.09. The van der Waals surface area contributed by atoms with Gasteiger partial charge in [0.05, 0.1) is 28.9 Å². The average molecular weight is 420 g/mol. The SMILES string of the molecule is COC(=O)[C@@H]1CN(C(=O)CN2CCC(c3nc4ccccc4s3)CC2)CCS1. The molecule has 28 heavy (non-hydrogen) atoms. The van der Waals surface area contributed by atoms with E-state index >= 15 is 0 Å². The lowest BCUT2D eigenvalue weighted by molar-refractivity contribution is -0.141. The van der Waals surface area contributed by atoms with Crippen LogP contribution in [0.1, 0.15) is 23.8 Å². The summed E-state index contributed by atoms with van der Waals surface area (Å²) in [4.78, 5) is 33.3. The predicted molar refractivity (Wildman–Crippen MR) is 113 cm³/mol. The lowest BCUT2D eigenvalue weighted by atomic mass is 9.97. The highest BCUT2D eigenvalue weighted by molar-refractivity contribution is 8.00. The second kappa shape index (κ2) is 8.80. The Morgan fingerprint density at radius 2 is 2.00 bits per heavy atom. The number of rotatable bonds is 4. The lowest BCUT2D eigenvalue weighted by Gasteiger charge is -2.35. The van der Waals surface area contributed by atoms with Crippen molar-refractivity contribution in [1.82, 2.24) is 14.8 Å². The highest BCUT2D eigenvalue weighted by atomic mass is 32.2. The molecule has 1 amide bonds. The second-order valence-electron chi connectivity index (χ2n) is 7.29. The maximum absolute atomic E-state index is 12.7. The van der Waals surface area contributed by atoms with Crippen LogP contribution in [0.4, 0.5) is 0 Å². The summed E-state index contributed by atoms with van der Waals surface area (Å²) in [7, 11) is 1.40. The lowest BCUT2D eigenvalue weighted by Crippen LogP contribution is -2.49. The minimum absolute atomic E-state index is 0.118. The maximum atomic E-state index is 12.7. The fraction of sp³-hybridized carbons (Fsp3) is 0.550. The standard InChI is InChI=1S/C20H25N3O3S2/c1-26-20(25)17-12-23(10-11-27-17)18(24)13-22-8-6-14(7-9-22)19-21-15-4-2-3-5-16(15)28-19/h2-5,14,17H,6-13H2,1H3/t17-/m0/s1. The number of nitrogens with zero attached hydrogens (tertiary/aromatic N) is 3. The molecule has 2 fully saturated rings. The number of ether oxygens (including phenoxy) is 1. The van der Waals surface area contributed by atoms with Crippen LogP contribution in [0.5, 0.6) is 0 Å². The van der Waals surface area contributed by atoms with Crippen LogP contribution in [-0.2, 0) is 14.3 Å². The number of benzene rings is 1. The number of thiazole rings is 1. The Hall–Kier alpha value is -1.64. The summed E-state index contributed by atoms with van der Waals surface area (Å²) in [6, 6.07) is 8.29. The third-order valence-corrected chi connectivity index (χ3v) is 7.85. The van der Waals surface area contributed by atoms with Gasteiger partial charge in [-0.15, -0.1) is 23.1 Å². The third kappa shape index (κ3) is 4.34. The van der Waals surface area contributed by atoms with Gasteiger partial charge >= 0.3 is 5.97 Å². The van der Waals surface area contributed by atoms with E-state index in [1.165, 1.54) is 16.8 Å². The molecule has 1 aromatic heterocycles. The smallest absolute Gasteiger partial charge is 0.320 e. The highest BCUT2D eigenvalue weighted by Crippen LogP contribution is 2.33. The zero-order chi connectivity index (χ0) is 19.5. The van der Waals surface area contributed by atoms with E-state index in [-0.39, 0.29) is 17.1 Å². The molecule has 0 aliphatic carbocycles. The minimum Gasteiger partial charge on any atom is -0.468 e. The summed E-state index contributed by atoms with van der Waals surface area (Å²) in [6.07, 6.45) is 2.07. The molecule has 2 saturated heterocycles. The summed E-state index contributed by atoms with van der Waals surface area (Å²) < 4.78 is 6.08. The monoisotopic (exact) mass is 419 g/mol. The van der Waals surface area contributed by atoms with E-state index in [4.69, 9.17) is 9.72 Å².